The summed E-state index contributed by atoms with van der Waals surface area (Å²) in [6, 6.07) is 15.6. The largest absolute Gasteiger partial charge is 0.465 e. The Morgan fingerprint density at radius 2 is 0.750 bits per heavy atom. The fourth-order valence-corrected chi connectivity index (χ4v) is 4.75. The molecule has 0 fully saturated rings. The monoisotopic (exact) mass is 554 g/mol. The maximum absolute atomic E-state index is 13.0. The van der Waals surface area contributed by atoms with Gasteiger partial charge >= 0.3 is 23.9 Å². The summed E-state index contributed by atoms with van der Waals surface area (Å²) in [4.78, 5) is 52.1. The van der Waals surface area contributed by atoms with E-state index < -0.39 is 47.5 Å². The van der Waals surface area contributed by atoms with E-state index in [1.165, 1.54) is 0 Å². The molecule has 0 saturated carbocycles. The second kappa shape index (κ2) is 16.4. The zero-order chi connectivity index (χ0) is 29.7. The smallest absolute Gasteiger partial charge is 0.320 e. The molecule has 0 radical (unpaired) electrons. The van der Waals surface area contributed by atoms with E-state index in [1.54, 1.807) is 27.7 Å². The second-order valence-corrected chi connectivity index (χ2v) is 9.62. The van der Waals surface area contributed by atoms with Gasteiger partial charge in [-0.3, -0.25) is 19.2 Å². The van der Waals surface area contributed by atoms with Crippen LogP contribution in [0.25, 0.3) is 0 Å². The van der Waals surface area contributed by atoms with Crippen molar-refractivity contribution in [3.05, 3.63) is 70.8 Å². The molecule has 40 heavy (non-hydrogen) atoms. The van der Waals surface area contributed by atoms with Gasteiger partial charge in [-0.15, -0.1) is 0 Å². The highest BCUT2D eigenvalue weighted by Gasteiger charge is 2.40. The molecule has 2 aromatic rings. The maximum Gasteiger partial charge on any atom is 0.320 e. The molecule has 0 unspecified atom stereocenters. The first kappa shape index (κ1) is 32.5. The zero-order valence-corrected chi connectivity index (χ0v) is 24.4. The molecule has 8 heteroatoms. The molecule has 2 aromatic carbocycles. The molecule has 218 valence electrons. The van der Waals surface area contributed by atoms with Crippen molar-refractivity contribution < 1.29 is 38.1 Å². The van der Waals surface area contributed by atoms with E-state index in [4.69, 9.17) is 18.9 Å². The van der Waals surface area contributed by atoms with Crippen LogP contribution in [0.4, 0.5) is 0 Å². The summed E-state index contributed by atoms with van der Waals surface area (Å²) in [5.41, 5.74) is 3.78. The SMILES string of the molecule is CCOC(=O)C(C[C@H](c1ccc(C)cc1)[C@@H](CC(C(=O)OCC)C(=O)OCC)c1ccc(C)cc1)C(=O)OCC. The third kappa shape index (κ3) is 9.21. The molecule has 0 aliphatic heterocycles. The summed E-state index contributed by atoms with van der Waals surface area (Å²) >= 11 is 0. The molecular weight excluding hydrogens is 512 g/mol. The Hall–Kier alpha value is -3.68. The lowest BCUT2D eigenvalue weighted by molar-refractivity contribution is -0.164. The molecule has 0 spiro atoms. The number of benzene rings is 2. The molecular formula is C32H42O8. The van der Waals surface area contributed by atoms with E-state index in [9.17, 15) is 19.2 Å². The summed E-state index contributed by atoms with van der Waals surface area (Å²) in [5.74, 6) is -6.00. The first-order valence-electron chi connectivity index (χ1n) is 14.0. The van der Waals surface area contributed by atoms with Gasteiger partial charge in [0.1, 0.15) is 0 Å². The number of rotatable bonds is 15. The molecule has 2 atom stereocenters. The third-order valence-electron chi connectivity index (χ3n) is 6.76. The van der Waals surface area contributed by atoms with E-state index in [0.29, 0.717) is 0 Å². The first-order valence-corrected chi connectivity index (χ1v) is 14.0. The minimum atomic E-state index is -1.19. The van der Waals surface area contributed by atoms with Gasteiger partial charge in [0.2, 0.25) is 0 Å². The minimum absolute atomic E-state index is 0.0532. The van der Waals surface area contributed by atoms with E-state index in [0.717, 1.165) is 22.3 Å². The normalized spacial score (nSPS) is 12.5. The molecule has 8 nitrogen and oxygen atoms in total. The Labute approximate surface area is 237 Å². The Morgan fingerprint density at radius 3 is 0.975 bits per heavy atom. The van der Waals surface area contributed by atoms with Gasteiger partial charge in [0.15, 0.2) is 11.8 Å². The fraction of sp³-hybridized carbons (Fsp3) is 0.500. The first-order chi connectivity index (χ1) is 19.2. The van der Waals surface area contributed by atoms with Crippen LogP contribution >= 0.6 is 0 Å². The maximum atomic E-state index is 13.0. The number of esters is 4. The van der Waals surface area contributed by atoms with E-state index in [2.05, 4.69) is 0 Å². The van der Waals surface area contributed by atoms with Crippen molar-refractivity contribution in [3.8, 4) is 0 Å². The van der Waals surface area contributed by atoms with Gasteiger partial charge in [0.05, 0.1) is 26.4 Å². The predicted molar refractivity (Wildman–Crippen MR) is 151 cm³/mol. The lowest BCUT2D eigenvalue weighted by Gasteiger charge is -2.32. The summed E-state index contributed by atoms with van der Waals surface area (Å²) in [7, 11) is 0. The van der Waals surface area contributed by atoms with Gasteiger partial charge in [0, 0.05) is 0 Å². The molecule has 0 aliphatic rings. The van der Waals surface area contributed by atoms with Gasteiger partial charge in [0.25, 0.3) is 0 Å². The van der Waals surface area contributed by atoms with Crippen LogP contribution in [0.3, 0.4) is 0 Å². The Kier molecular flexibility index (Phi) is 13.4. The van der Waals surface area contributed by atoms with Crippen LogP contribution < -0.4 is 0 Å². The molecule has 2 rings (SSSR count). The molecule has 0 aromatic heterocycles. The molecule has 0 heterocycles. The number of carbonyl (C=O) groups is 4. The van der Waals surface area contributed by atoms with Crippen LogP contribution in [0.2, 0.25) is 0 Å². The standard InChI is InChI=1S/C32H42O8/c1-7-37-29(33)27(30(34)38-8-2)19-25(23-15-11-21(5)12-16-23)26(24-17-13-22(6)14-18-24)20-28(31(35)39-9-3)32(36)40-10-4/h11-18,25-28H,7-10,19-20H2,1-6H3/t25-,26+. The highest BCUT2D eigenvalue weighted by Crippen LogP contribution is 2.43. The molecule has 0 amide bonds. The lowest BCUT2D eigenvalue weighted by atomic mass is 9.72. The van der Waals surface area contributed by atoms with Crippen LogP contribution in [0.15, 0.2) is 48.5 Å². The van der Waals surface area contributed by atoms with E-state index in [1.807, 2.05) is 62.4 Å². The van der Waals surface area contributed by atoms with Gasteiger partial charge < -0.3 is 18.9 Å². The van der Waals surface area contributed by atoms with Gasteiger partial charge in [-0.2, -0.15) is 0 Å². The highest BCUT2D eigenvalue weighted by molar-refractivity contribution is 5.95. The number of ether oxygens (including phenoxy) is 4. The Bertz CT molecular complexity index is 981. The van der Waals surface area contributed by atoms with Crippen LogP contribution in [0.5, 0.6) is 0 Å². The fourth-order valence-electron chi connectivity index (χ4n) is 4.75. The van der Waals surface area contributed by atoms with Gasteiger partial charge in [-0.1, -0.05) is 59.7 Å². The van der Waals surface area contributed by atoms with Crippen molar-refractivity contribution in [3.63, 3.8) is 0 Å². The van der Waals surface area contributed by atoms with Crippen LogP contribution in [0.1, 0.15) is 74.6 Å². The summed E-state index contributed by atoms with van der Waals surface area (Å²) < 4.78 is 21.0. The van der Waals surface area contributed by atoms with Crippen molar-refractivity contribution in [2.24, 2.45) is 11.8 Å². The second-order valence-electron chi connectivity index (χ2n) is 9.62. The van der Waals surface area contributed by atoms with Crippen molar-refractivity contribution in [1.82, 2.24) is 0 Å². The average molecular weight is 555 g/mol. The number of carbonyl (C=O) groups excluding carboxylic acids is 4. The number of hydrogen-bond donors (Lipinski definition) is 0. The molecule has 0 saturated heterocycles. The quantitative estimate of drug-likeness (QED) is 0.163. The van der Waals surface area contributed by atoms with Crippen LogP contribution in [-0.4, -0.2) is 50.3 Å². The molecule has 0 bridgehead atoms. The number of hydrogen-bond acceptors (Lipinski definition) is 8. The Morgan fingerprint density at radius 1 is 0.500 bits per heavy atom. The average Bonchev–Trinajstić information content (AvgIpc) is 2.92. The van der Waals surface area contributed by atoms with Crippen molar-refractivity contribution in [1.29, 1.82) is 0 Å². The lowest BCUT2D eigenvalue weighted by Crippen LogP contribution is -2.34. The van der Waals surface area contributed by atoms with E-state index in [-0.39, 0.29) is 39.3 Å². The van der Waals surface area contributed by atoms with Crippen LogP contribution in [-0.2, 0) is 38.1 Å². The van der Waals surface area contributed by atoms with Crippen LogP contribution in [0, 0.1) is 25.7 Å². The van der Waals surface area contributed by atoms with E-state index >= 15 is 0 Å². The molecule has 0 aliphatic carbocycles. The summed E-state index contributed by atoms with van der Waals surface area (Å²) in [5, 5.41) is 0. The summed E-state index contributed by atoms with van der Waals surface area (Å²) in [6.07, 6.45) is 0.106. The predicted octanol–water partition coefficient (Wildman–Crippen LogP) is 5.44. The Balaban J connectivity index is 2.71. The highest BCUT2D eigenvalue weighted by atomic mass is 16.6. The zero-order valence-electron chi connectivity index (χ0n) is 24.4. The van der Waals surface area contributed by atoms with Crippen molar-refractivity contribution in [2.45, 2.75) is 66.2 Å². The van der Waals surface area contributed by atoms with Gasteiger partial charge in [-0.05, 0) is 77.3 Å². The van der Waals surface area contributed by atoms with Crippen molar-refractivity contribution in [2.75, 3.05) is 26.4 Å². The van der Waals surface area contributed by atoms with Gasteiger partial charge in [-0.25, -0.2) is 0 Å². The minimum Gasteiger partial charge on any atom is -0.465 e. The molecule has 0 N–H and O–H groups in total. The topological polar surface area (TPSA) is 105 Å². The number of aryl methyl sites for hydroxylation is 2. The summed E-state index contributed by atoms with van der Waals surface area (Å²) in [6.45, 7) is 11.1. The third-order valence-corrected chi connectivity index (χ3v) is 6.76. The van der Waals surface area contributed by atoms with Crippen molar-refractivity contribution >= 4 is 23.9 Å².